The molecule has 0 spiro atoms. The highest BCUT2D eigenvalue weighted by atomic mass is 16.5. The summed E-state index contributed by atoms with van der Waals surface area (Å²) in [6.45, 7) is 1.49. The number of nitrogens with zero attached hydrogens (tertiary/aromatic N) is 4. The number of aliphatic hydroxyl groups is 1. The number of hydrogen-bond acceptors (Lipinski definition) is 7. The van der Waals surface area contributed by atoms with Crippen LogP contribution in [0.1, 0.15) is 31.6 Å². The Hall–Kier alpha value is -1.83. The van der Waals surface area contributed by atoms with Gasteiger partial charge in [-0.15, -0.1) is 0 Å². The molecule has 128 valence electrons. The second-order valence-corrected chi connectivity index (χ2v) is 6.69. The molecule has 2 aliphatic rings. The molecule has 0 amide bonds. The number of hydrogen-bond donors (Lipinski definition) is 1. The van der Waals surface area contributed by atoms with Gasteiger partial charge in [0.05, 0.1) is 18.2 Å². The zero-order valence-electron chi connectivity index (χ0n) is 13.8. The van der Waals surface area contributed by atoms with Crippen LogP contribution in [0.5, 0.6) is 0 Å². The molecule has 4 rings (SSSR count). The molecule has 1 aliphatic carbocycles. The van der Waals surface area contributed by atoms with Crippen molar-refractivity contribution in [2.24, 2.45) is 0 Å². The van der Waals surface area contributed by atoms with Crippen molar-refractivity contribution >= 4 is 0 Å². The molecule has 2 aromatic rings. The minimum absolute atomic E-state index is 0.147. The maximum Gasteiger partial charge on any atom is 0.241 e. The summed E-state index contributed by atoms with van der Waals surface area (Å²) in [4.78, 5) is 10.9. The lowest BCUT2D eigenvalue weighted by atomic mass is 9.79. The van der Waals surface area contributed by atoms with Gasteiger partial charge in [0.15, 0.2) is 0 Å². The Balaban J connectivity index is 1.51. The molecule has 3 atom stereocenters. The van der Waals surface area contributed by atoms with Crippen LogP contribution in [-0.4, -0.2) is 56.5 Å². The highest BCUT2D eigenvalue weighted by Crippen LogP contribution is 2.42. The van der Waals surface area contributed by atoms with Crippen molar-refractivity contribution < 1.29 is 14.4 Å². The van der Waals surface area contributed by atoms with E-state index in [2.05, 4.69) is 20.0 Å². The number of likely N-dealkylation sites (tertiary alicyclic amines) is 1. The predicted molar refractivity (Wildman–Crippen MR) is 85.9 cm³/mol. The molecule has 1 aliphatic heterocycles. The van der Waals surface area contributed by atoms with Crippen LogP contribution in [0.4, 0.5) is 0 Å². The van der Waals surface area contributed by atoms with Crippen molar-refractivity contribution in [3.05, 3.63) is 30.4 Å². The minimum atomic E-state index is -0.257. The Kier molecular flexibility index (Phi) is 4.07. The van der Waals surface area contributed by atoms with Gasteiger partial charge in [0.1, 0.15) is 0 Å². The van der Waals surface area contributed by atoms with E-state index in [1.165, 1.54) is 0 Å². The maximum absolute atomic E-state index is 10.1. The van der Waals surface area contributed by atoms with Gasteiger partial charge in [0, 0.05) is 37.7 Å². The van der Waals surface area contributed by atoms with E-state index < -0.39 is 0 Å². The molecule has 1 saturated heterocycles. The van der Waals surface area contributed by atoms with Gasteiger partial charge in [-0.25, -0.2) is 0 Å². The first-order chi connectivity index (χ1) is 11.7. The summed E-state index contributed by atoms with van der Waals surface area (Å²) in [5.41, 5.74) is 0.694. The zero-order valence-corrected chi connectivity index (χ0v) is 13.8. The summed E-state index contributed by atoms with van der Waals surface area (Å²) < 4.78 is 11.3. The van der Waals surface area contributed by atoms with Gasteiger partial charge in [0.25, 0.3) is 0 Å². The quantitative estimate of drug-likeness (QED) is 0.912. The molecule has 0 aromatic carbocycles. The highest BCUT2D eigenvalue weighted by molar-refractivity contribution is 5.51. The molecule has 7 nitrogen and oxygen atoms in total. The largest absolute Gasteiger partial charge is 0.393 e. The van der Waals surface area contributed by atoms with Gasteiger partial charge in [-0.3, -0.25) is 9.88 Å². The Bertz CT molecular complexity index is 692. The Labute approximate surface area is 140 Å². The van der Waals surface area contributed by atoms with Crippen LogP contribution < -0.4 is 0 Å². The number of pyridine rings is 1. The monoisotopic (exact) mass is 330 g/mol. The second-order valence-electron chi connectivity index (χ2n) is 6.69. The lowest BCUT2D eigenvalue weighted by Crippen LogP contribution is -2.51. The molecule has 2 fully saturated rings. The van der Waals surface area contributed by atoms with Crippen LogP contribution in [0, 0.1) is 0 Å². The molecule has 0 unspecified atom stereocenters. The Morgan fingerprint density at radius 3 is 3.17 bits per heavy atom. The first kappa shape index (κ1) is 15.7. The topological polar surface area (TPSA) is 84.5 Å². The van der Waals surface area contributed by atoms with Gasteiger partial charge < -0.3 is 14.4 Å². The van der Waals surface area contributed by atoms with E-state index in [-0.39, 0.29) is 17.7 Å². The maximum atomic E-state index is 10.1. The number of fused-ring (bicyclic) bond motifs is 1. The first-order valence-corrected chi connectivity index (χ1v) is 8.40. The Morgan fingerprint density at radius 2 is 2.38 bits per heavy atom. The third-order valence-corrected chi connectivity index (χ3v) is 5.40. The molecule has 7 heteroatoms. The first-order valence-electron chi connectivity index (χ1n) is 8.40. The summed E-state index contributed by atoms with van der Waals surface area (Å²) in [6.07, 6.45) is 6.60. The third-order valence-electron chi connectivity index (χ3n) is 5.40. The summed E-state index contributed by atoms with van der Waals surface area (Å²) in [6, 6.07) is 3.95. The van der Waals surface area contributed by atoms with Crippen LogP contribution in [0.3, 0.4) is 0 Å². The van der Waals surface area contributed by atoms with E-state index in [1.54, 1.807) is 19.5 Å². The van der Waals surface area contributed by atoms with Crippen LogP contribution in [0.2, 0.25) is 0 Å². The molecular formula is C17H22N4O3. The van der Waals surface area contributed by atoms with Crippen LogP contribution in [-0.2, 0) is 11.3 Å². The molecule has 0 bridgehead atoms. The highest BCUT2D eigenvalue weighted by Gasteiger charge is 2.50. The Morgan fingerprint density at radius 1 is 1.46 bits per heavy atom. The van der Waals surface area contributed by atoms with E-state index in [0.717, 1.165) is 37.8 Å². The van der Waals surface area contributed by atoms with E-state index in [4.69, 9.17) is 9.26 Å². The predicted octanol–water partition coefficient (Wildman–Crippen LogP) is 1.64. The summed E-state index contributed by atoms with van der Waals surface area (Å²) >= 11 is 0. The van der Waals surface area contributed by atoms with Crippen molar-refractivity contribution in [3.8, 4) is 11.4 Å². The summed E-state index contributed by atoms with van der Waals surface area (Å²) in [5, 5.41) is 14.1. The smallest absolute Gasteiger partial charge is 0.241 e. The van der Waals surface area contributed by atoms with Crippen LogP contribution >= 0.6 is 0 Å². The molecule has 2 aromatic heterocycles. The van der Waals surface area contributed by atoms with Crippen LogP contribution in [0.15, 0.2) is 29.0 Å². The third kappa shape index (κ3) is 2.72. The van der Waals surface area contributed by atoms with Crippen molar-refractivity contribution in [2.45, 2.75) is 50.0 Å². The van der Waals surface area contributed by atoms with Crippen molar-refractivity contribution in [2.75, 3.05) is 13.7 Å². The van der Waals surface area contributed by atoms with E-state index >= 15 is 0 Å². The molecular weight excluding hydrogens is 308 g/mol. The number of methoxy groups -OCH3 is 1. The molecule has 3 heterocycles. The SMILES string of the molecule is CO[C@]12CC[C@@H](O)C[C@H]1N(Cc1nc(-c3cccnc3)no1)CC2. The molecule has 0 radical (unpaired) electrons. The fourth-order valence-electron chi connectivity index (χ4n) is 4.06. The van der Waals surface area contributed by atoms with Gasteiger partial charge in [0.2, 0.25) is 11.7 Å². The van der Waals surface area contributed by atoms with Gasteiger partial charge >= 0.3 is 0 Å². The van der Waals surface area contributed by atoms with E-state index in [9.17, 15) is 5.11 Å². The lowest BCUT2D eigenvalue weighted by molar-refractivity contribution is -0.0887. The molecule has 1 N–H and O–H groups in total. The number of aromatic nitrogens is 3. The van der Waals surface area contributed by atoms with Crippen molar-refractivity contribution in [1.29, 1.82) is 0 Å². The van der Waals surface area contributed by atoms with Gasteiger partial charge in [-0.05, 0) is 37.8 Å². The van der Waals surface area contributed by atoms with Gasteiger partial charge in [-0.2, -0.15) is 4.98 Å². The van der Waals surface area contributed by atoms with Crippen molar-refractivity contribution in [1.82, 2.24) is 20.0 Å². The van der Waals surface area contributed by atoms with Crippen molar-refractivity contribution in [3.63, 3.8) is 0 Å². The van der Waals surface area contributed by atoms with Crippen LogP contribution in [0.25, 0.3) is 11.4 Å². The van der Waals surface area contributed by atoms with E-state index in [1.807, 2.05) is 12.1 Å². The normalized spacial score (nSPS) is 30.4. The average Bonchev–Trinajstić information content (AvgIpc) is 3.22. The zero-order chi connectivity index (χ0) is 16.6. The van der Waals surface area contributed by atoms with E-state index in [0.29, 0.717) is 18.3 Å². The number of ether oxygens (including phenoxy) is 1. The van der Waals surface area contributed by atoms with Gasteiger partial charge in [-0.1, -0.05) is 5.16 Å². The standard InChI is InChI=1S/C17H22N4O3/c1-23-17-5-4-13(22)9-14(17)21(8-6-17)11-15-19-16(20-24-15)12-3-2-7-18-10-12/h2-3,7,10,13-14,22H,4-6,8-9,11H2,1H3/t13-,14-,17+/m1/s1. The number of rotatable bonds is 4. The fourth-order valence-corrected chi connectivity index (χ4v) is 4.06. The minimum Gasteiger partial charge on any atom is -0.393 e. The second kappa shape index (κ2) is 6.23. The average molecular weight is 330 g/mol. The number of aliphatic hydroxyl groups excluding tert-OH is 1. The fraction of sp³-hybridized carbons (Fsp3) is 0.588. The molecule has 1 saturated carbocycles. The molecule has 24 heavy (non-hydrogen) atoms. The summed E-state index contributed by atoms with van der Waals surface area (Å²) in [7, 11) is 1.78. The lowest BCUT2D eigenvalue weighted by Gasteiger charge is -2.42. The summed E-state index contributed by atoms with van der Waals surface area (Å²) in [5.74, 6) is 1.14.